The number of anilines is 1. The lowest BCUT2D eigenvalue weighted by Gasteiger charge is -2.35. The lowest BCUT2D eigenvalue weighted by Crippen LogP contribution is -2.49. The summed E-state index contributed by atoms with van der Waals surface area (Å²) < 4.78 is 2.04. The number of rotatable bonds is 4. The quantitative estimate of drug-likeness (QED) is 0.678. The van der Waals surface area contributed by atoms with Crippen molar-refractivity contribution >= 4 is 33.3 Å². The number of amides is 1. The predicted molar refractivity (Wildman–Crippen MR) is 110 cm³/mol. The third kappa shape index (κ3) is 3.05. The monoisotopic (exact) mass is 396 g/mol. The van der Waals surface area contributed by atoms with E-state index in [1.807, 2.05) is 28.0 Å². The molecule has 3 aromatic heterocycles. The molecule has 7 nitrogen and oxygen atoms in total. The van der Waals surface area contributed by atoms with E-state index in [2.05, 4.69) is 33.0 Å². The molecule has 0 radical (unpaired) electrons. The summed E-state index contributed by atoms with van der Waals surface area (Å²) in [5.74, 6) is 1.72. The van der Waals surface area contributed by atoms with Crippen molar-refractivity contribution in [1.29, 1.82) is 0 Å². The van der Waals surface area contributed by atoms with Gasteiger partial charge in [-0.05, 0) is 50.1 Å². The zero-order chi connectivity index (χ0) is 19.3. The molecule has 1 aliphatic carbocycles. The normalized spacial score (nSPS) is 18.6. The van der Waals surface area contributed by atoms with Crippen molar-refractivity contribution in [1.82, 2.24) is 24.6 Å². The van der Waals surface area contributed by atoms with Crippen LogP contribution in [0.15, 0.2) is 23.8 Å². The van der Waals surface area contributed by atoms with Crippen molar-refractivity contribution in [2.24, 2.45) is 5.92 Å². The highest BCUT2D eigenvalue weighted by atomic mass is 32.1. The van der Waals surface area contributed by atoms with Gasteiger partial charge in [-0.1, -0.05) is 0 Å². The number of carbonyl (C=O) groups is 1. The average molecular weight is 397 g/mol. The van der Waals surface area contributed by atoms with E-state index in [-0.39, 0.29) is 5.91 Å². The molecule has 0 bridgehead atoms. The highest BCUT2D eigenvalue weighted by Gasteiger charge is 2.32. The van der Waals surface area contributed by atoms with Gasteiger partial charge >= 0.3 is 0 Å². The summed E-state index contributed by atoms with van der Waals surface area (Å²) in [6.45, 7) is 7.15. The second-order valence-corrected chi connectivity index (χ2v) is 8.70. The highest BCUT2D eigenvalue weighted by Crippen LogP contribution is 2.39. The van der Waals surface area contributed by atoms with Crippen molar-refractivity contribution < 1.29 is 4.79 Å². The number of aryl methyl sites for hydroxylation is 1. The van der Waals surface area contributed by atoms with Gasteiger partial charge in [0.1, 0.15) is 17.0 Å². The van der Waals surface area contributed by atoms with Crippen molar-refractivity contribution in [3.05, 3.63) is 35.2 Å². The highest BCUT2D eigenvalue weighted by molar-refractivity contribution is 7.16. The Hall–Kier alpha value is -2.48. The van der Waals surface area contributed by atoms with Crippen LogP contribution in [0.25, 0.3) is 10.2 Å². The first-order valence-electron chi connectivity index (χ1n) is 9.90. The van der Waals surface area contributed by atoms with Crippen LogP contribution in [0.5, 0.6) is 0 Å². The van der Waals surface area contributed by atoms with Crippen LogP contribution < -0.4 is 4.90 Å². The lowest BCUT2D eigenvalue weighted by molar-refractivity contribution is 0.0739. The van der Waals surface area contributed by atoms with Crippen LogP contribution in [0.4, 0.5) is 5.82 Å². The maximum absolute atomic E-state index is 13.0. The molecule has 2 fully saturated rings. The number of piperazine rings is 1. The van der Waals surface area contributed by atoms with Crippen LogP contribution in [-0.2, 0) is 0 Å². The number of nitrogens with zero attached hydrogens (tertiary/aromatic N) is 6. The molecule has 0 N–H and O–H groups in total. The molecule has 0 aromatic carbocycles. The maximum Gasteiger partial charge on any atom is 0.274 e. The number of carbonyl (C=O) groups excluding carboxylic acids is 1. The van der Waals surface area contributed by atoms with Crippen molar-refractivity contribution in [3.8, 4) is 0 Å². The first kappa shape index (κ1) is 17.6. The molecule has 2 aliphatic rings. The van der Waals surface area contributed by atoms with Gasteiger partial charge in [-0.15, -0.1) is 11.3 Å². The molecule has 3 aromatic rings. The minimum Gasteiger partial charge on any atom is -0.352 e. The molecule has 8 heteroatoms. The summed E-state index contributed by atoms with van der Waals surface area (Å²) in [5, 5.41) is 7.79. The van der Waals surface area contributed by atoms with Crippen LogP contribution in [-0.4, -0.2) is 56.7 Å². The molecule has 1 unspecified atom stereocenters. The molecule has 1 aliphatic heterocycles. The van der Waals surface area contributed by atoms with Gasteiger partial charge in [0.05, 0.1) is 11.4 Å². The minimum absolute atomic E-state index is 0.0351. The standard InChI is InChI=1S/C20H24N6OS/c1-13-11-17(23-26(13)14(2)15-3-4-15)20(27)25-8-6-24(7-9-25)18-16-5-10-28-19(16)22-12-21-18/h5,10-12,14-15H,3-4,6-9H2,1-2H3. The predicted octanol–water partition coefficient (Wildman–Crippen LogP) is 3.13. The number of fused-ring (bicyclic) bond motifs is 1. The molecule has 1 atom stereocenters. The van der Waals surface area contributed by atoms with E-state index in [9.17, 15) is 4.79 Å². The Morgan fingerprint density at radius 3 is 2.75 bits per heavy atom. The van der Waals surface area contributed by atoms with Crippen LogP contribution >= 0.6 is 11.3 Å². The average Bonchev–Trinajstić information content (AvgIpc) is 3.33. The SMILES string of the molecule is Cc1cc(C(=O)N2CCN(c3ncnc4sccc34)CC2)nn1C(C)C1CC1. The lowest BCUT2D eigenvalue weighted by atomic mass is 10.2. The van der Waals surface area contributed by atoms with Gasteiger partial charge in [0.15, 0.2) is 5.69 Å². The fourth-order valence-corrected chi connectivity index (χ4v) is 4.82. The fraction of sp³-hybridized carbons (Fsp3) is 0.500. The van der Waals surface area contributed by atoms with E-state index in [4.69, 9.17) is 0 Å². The number of thiophene rings is 1. The summed E-state index contributed by atoms with van der Waals surface area (Å²) in [7, 11) is 0. The molecule has 146 valence electrons. The zero-order valence-electron chi connectivity index (χ0n) is 16.2. The first-order chi connectivity index (χ1) is 13.6. The Morgan fingerprint density at radius 1 is 1.21 bits per heavy atom. The smallest absolute Gasteiger partial charge is 0.274 e. The third-order valence-electron chi connectivity index (χ3n) is 5.94. The van der Waals surface area contributed by atoms with Crippen molar-refractivity contribution in [2.75, 3.05) is 31.1 Å². The Morgan fingerprint density at radius 2 is 2.00 bits per heavy atom. The van der Waals surface area contributed by atoms with Crippen molar-refractivity contribution in [2.45, 2.75) is 32.7 Å². The second-order valence-electron chi connectivity index (χ2n) is 7.81. The van der Waals surface area contributed by atoms with Gasteiger partial charge < -0.3 is 9.80 Å². The Labute approximate surface area is 168 Å². The molecule has 28 heavy (non-hydrogen) atoms. The van der Waals surface area contributed by atoms with Crippen LogP contribution in [0.3, 0.4) is 0 Å². The topological polar surface area (TPSA) is 67.2 Å². The van der Waals surface area contributed by atoms with E-state index in [0.717, 1.165) is 34.8 Å². The molecule has 1 amide bonds. The van der Waals surface area contributed by atoms with E-state index in [1.165, 1.54) is 12.8 Å². The van der Waals surface area contributed by atoms with Gasteiger partial charge in [-0.3, -0.25) is 9.48 Å². The molecule has 4 heterocycles. The first-order valence-corrected chi connectivity index (χ1v) is 10.8. The Kier molecular flexibility index (Phi) is 4.30. The van der Waals surface area contributed by atoms with Gasteiger partial charge in [0.25, 0.3) is 5.91 Å². The van der Waals surface area contributed by atoms with Crippen LogP contribution in [0, 0.1) is 12.8 Å². The van der Waals surface area contributed by atoms with Gasteiger partial charge in [-0.25, -0.2) is 9.97 Å². The van der Waals surface area contributed by atoms with E-state index < -0.39 is 0 Å². The molecular weight excluding hydrogens is 372 g/mol. The van der Waals surface area contributed by atoms with Crippen LogP contribution in [0.1, 0.15) is 42.0 Å². The van der Waals surface area contributed by atoms with E-state index in [1.54, 1.807) is 17.7 Å². The molecule has 0 spiro atoms. The Bertz CT molecular complexity index is 1010. The van der Waals surface area contributed by atoms with Gasteiger partial charge in [0, 0.05) is 31.9 Å². The van der Waals surface area contributed by atoms with Crippen molar-refractivity contribution in [3.63, 3.8) is 0 Å². The number of hydrogen-bond donors (Lipinski definition) is 0. The summed E-state index contributed by atoms with van der Waals surface area (Å²) in [5.41, 5.74) is 1.64. The van der Waals surface area contributed by atoms with Gasteiger partial charge in [0.2, 0.25) is 0 Å². The van der Waals surface area contributed by atoms with E-state index >= 15 is 0 Å². The molecule has 1 saturated heterocycles. The summed E-state index contributed by atoms with van der Waals surface area (Å²) in [4.78, 5) is 27.0. The zero-order valence-corrected chi connectivity index (χ0v) is 17.0. The summed E-state index contributed by atoms with van der Waals surface area (Å²) in [6.07, 6.45) is 4.17. The third-order valence-corrected chi connectivity index (χ3v) is 6.76. The largest absolute Gasteiger partial charge is 0.352 e. The minimum atomic E-state index is 0.0351. The maximum atomic E-state index is 13.0. The fourth-order valence-electron chi connectivity index (χ4n) is 4.10. The second kappa shape index (κ2) is 6.84. The summed E-state index contributed by atoms with van der Waals surface area (Å²) in [6, 6.07) is 4.39. The summed E-state index contributed by atoms with van der Waals surface area (Å²) >= 11 is 1.63. The molecule has 1 saturated carbocycles. The van der Waals surface area contributed by atoms with Gasteiger partial charge in [-0.2, -0.15) is 5.10 Å². The Balaban J connectivity index is 1.28. The molecule has 5 rings (SSSR count). The van der Waals surface area contributed by atoms with Crippen LogP contribution in [0.2, 0.25) is 0 Å². The number of aromatic nitrogens is 4. The van der Waals surface area contributed by atoms with E-state index in [0.29, 0.717) is 30.7 Å². The number of hydrogen-bond acceptors (Lipinski definition) is 6. The molecular formula is C20H24N6OS.